The number of carbonyl (C=O) groups is 1. The van der Waals surface area contributed by atoms with Gasteiger partial charge in [0.25, 0.3) is 0 Å². The van der Waals surface area contributed by atoms with Gasteiger partial charge in [0.15, 0.2) is 0 Å². The van der Waals surface area contributed by atoms with Crippen molar-refractivity contribution in [2.45, 2.75) is 58.3 Å². The first-order chi connectivity index (χ1) is 8.97. The molecule has 0 radical (unpaired) electrons. The van der Waals surface area contributed by atoms with E-state index in [1.807, 2.05) is 6.92 Å². The summed E-state index contributed by atoms with van der Waals surface area (Å²) in [6.45, 7) is 9.89. The number of nitrogens with zero attached hydrogens (tertiary/aromatic N) is 1. The van der Waals surface area contributed by atoms with Crippen molar-refractivity contribution in [1.29, 1.82) is 0 Å². The molecule has 0 aromatic rings. The van der Waals surface area contributed by atoms with Crippen LogP contribution < -0.4 is 11.1 Å². The van der Waals surface area contributed by atoms with Crippen molar-refractivity contribution in [3.63, 3.8) is 0 Å². The van der Waals surface area contributed by atoms with E-state index in [1.165, 1.54) is 0 Å². The third kappa shape index (κ3) is 11.2. The van der Waals surface area contributed by atoms with Gasteiger partial charge < -0.3 is 15.8 Å². The molecule has 1 rings (SSSR count). The maximum atomic E-state index is 11.5. The number of ether oxygens (including phenoxy) is 1. The van der Waals surface area contributed by atoms with Crippen molar-refractivity contribution in [3.05, 3.63) is 0 Å². The quantitative estimate of drug-likeness (QED) is 0.688. The summed E-state index contributed by atoms with van der Waals surface area (Å²) in [7, 11) is 0. The Balaban J connectivity index is 0. The Morgan fingerprint density at radius 3 is 2.43 bits per heavy atom. The van der Waals surface area contributed by atoms with Crippen LogP contribution in [0.2, 0.25) is 0 Å². The van der Waals surface area contributed by atoms with Crippen LogP contribution in [0.4, 0.5) is 0 Å². The molecule has 0 bridgehead atoms. The maximum Gasteiger partial charge on any atom is 0.220 e. The summed E-state index contributed by atoms with van der Waals surface area (Å²) in [4.78, 5) is 13.9. The number of rotatable bonds is 7. The highest BCUT2D eigenvalue weighted by Gasteiger charge is 2.21. The van der Waals surface area contributed by atoms with Crippen LogP contribution in [0, 0.1) is 0 Å². The lowest BCUT2D eigenvalue weighted by Crippen LogP contribution is -2.46. The molecule has 0 saturated carbocycles. The van der Waals surface area contributed by atoms with Crippen LogP contribution in [0.25, 0.3) is 0 Å². The third-order valence-electron chi connectivity index (χ3n) is 3.30. The summed E-state index contributed by atoms with van der Waals surface area (Å²) in [6.07, 6.45) is 2.89. The monoisotopic (exact) mass is 343 g/mol. The van der Waals surface area contributed by atoms with Gasteiger partial charge in [-0.2, -0.15) is 0 Å². The molecule has 128 valence electrons. The van der Waals surface area contributed by atoms with Gasteiger partial charge in [-0.3, -0.25) is 9.69 Å². The van der Waals surface area contributed by atoms with Gasteiger partial charge in [0.1, 0.15) is 0 Å². The van der Waals surface area contributed by atoms with Gasteiger partial charge in [-0.15, -0.1) is 24.8 Å². The van der Waals surface area contributed by atoms with Gasteiger partial charge >= 0.3 is 0 Å². The zero-order valence-electron chi connectivity index (χ0n) is 13.3. The molecule has 1 heterocycles. The van der Waals surface area contributed by atoms with E-state index in [4.69, 9.17) is 10.5 Å². The maximum absolute atomic E-state index is 11.5. The van der Waals surface area contributed by atoms with E-state index < -0.39 is 0 Å². The summed E-state index contributed by atoms with van der Waals surface area (Å²) in [5.74, 6) is 0.112. The van der Waals surface area contributed by atoms with Crippen molar-refractivity contribution < 1.29 is 9.53 Å². The minimum atomic E-state index is 0. The standard InChI is InChI=1S/C14H29N3O2.2ClH/c1-11(15)5-6-14(18)16-7-4-8-17-9-12(2)19-13(3)10-17;;/h11-13H,4-10,15H2,1-3H3,(H,16,18);2*1H. The fourth-order valence-electron chi connectivity index (χ4n) is 2.44. The molecule has 1 aliphatic rings. The first kappa shape index (κ1) is 23.2. The third-order valence-corrected chi connectivity index (χ3v) is 3.30. The van der Waals surface area contributed by atoms with Gasteiger partial charge in [0, 0.05) is 38.6 Å². The minimum absolute atomic E-state index is 0. The Morgan fingerprint density at radius 1 is 1.33 bits per heavy atom. The smallest absolute Gasteiger partial charge is 0.220 e. The van der Waals surface area contributed by atoms with E-state index in [0.29, 0.717) is 18.6 Å². The molecule has 21 heavy (non-hydrogen) atoms. The van der Waals surface area contributed by atoms with Gasteiger partial charge in [-0.1, -0.05) is 0 Å². The molecule has 3 atom stereocenters. The predicted octanol–water partition coefficient (Wildman–Crippen LogP) is 1.57. The van der Waals surface area contributed by atoms with Gasteiger partial charge in [0.2, 0.25) is 5.91 Å². The molecule has 1 amide bonds. The second-order valence-corrected chi connectivity index (χ2v) is 5.74. The Kier molecular flexibility index (Phi) is 13.8. The molecule has 0 spiro atoms. The van der Waals surface area contributed by atoms with E-state index >= 15 is 0 Å². The van der Waals surface area contributed by atoms with Crippen molar-refractivity contribution in [1.82, 2.24) is 10.2 Å². The molecule has 0 aromatic heterocycles. The van der Waals surface area contributed by atoms with Crippen LogP contribution in [0.5, 0.6) is 0 Å². The van der Waals surface area contributed by atoms with Crippen molar-refractivity contribution in [3.8, 4) is 0 Å². The van der Waals surface area contributed by atoms with E-state index in [1.54, 1.807) is 0 Å². The van der Waals surface area contributed by atoms with E-state index in [9.17, 15) is 4.79 Å². The number of morpholine rings is 1. The average Bonchev–Trinajstić information content (AvgIpc) is 2.31. The number of hydrogen-bond donors (Lipinski definition) is 2. The first-order valence-corrected chi connectivity index (χ1v) is 7.37. The van der Waals surface area contributed by atoms with Crippen LogP contribution in [0.15, 0.2) is 0 Å². The Morgan fingerprint density at radius 2 is 1.90 bits per heavy atom. The molecule has 1 saturated heterocycles. The normalized spacial score (nSPS) is 23.6. The van der Waals surface area contributed by atoms with Crippen LogP contribution in [-0.2, 0) is 9.53 Å². The van der Waals surface area contributed by atoms with E-state index in [-0.39, 0.29) is 36.8 Å². The van der Waals surface area contributed by atoms with Gasteiger partial charge in [-0.25, -0.2) is 0 Å². The second-order valence-electron chi connectivity index (χ2n) is 5.74. The second kappa shape index (κ2) is 12.5. The van der Waals surface area contributed by atoms with Crippen LogP contribution >= 0.6 is 24.8 Å². The van der Waals surface area contributed by atoms with Crippen molar-refractivity contribution in [2.75, 3.05) is 26.2 Å². The zero-order valence-corrected chi connectivity index (χ0v) is 15.0. The highest BCUT2D eigenvalue weighted by Crippen LogP contribution is 2.10. The first-order valence-electron chi connectivity index (χ1n) is 7.37. The Hall–Kier alpha value is -0.0700. The van der Waals surface area contributed by atoms with Gasteiger partial charge in [0.05, 0.1) is 12.2 Å². The van der Waals surface area contributed by atoms with Gasteiger partial charge in [-0.05, 0) is 33.6 Å². The predicted molar refractivity (Wildman–Crippen MR) is 91.5 cm³/mol. The van der Waals surface area contributed by atoms with Crippen molar-refractivity contribution in [2.24, 2.45) is 5.73 Å². The molecule has 3 N–H and O–H groups in total. The lowest BCUT2D eigenvalue weighted by atomic mass is 10.2. The summed E-state index contributed by atoms with van der Waals surface area (Å²) in [5, 5.41) is 2.95. The molecule has 1 aliphatic heterocycles. The number of carbonyl (C=O) groups excluding carboxylic acids is 1. The number of nitrogens with one attached hydrogen (secondary N) is 1. The van der Waals surface area contributed by atoms with Crippen molar-refractivity contribution >= 4 is 30.7 Å². The SMILES string of the molecule is CC(N)CCC(=O)NCCCN1CC(C)OC(C)C1.Cl.Cl. The number of nitrogens with two attached hydrogens (primary N) is 1. The number of halogens is 2. The molecule has 0 aromatic carbocycles. The topological polar surface area (TPSA) is 67.6 Å². The average molecular weight is 344 g/mol. The summed E-state index contributed by atoms with van der Waals surface area (Å²) < 4.78 is 5.69. The molecule has 5 nitrogen and oxygen atoms in total. The van der Waals surface area contributed by atoms with Crippen LogP contribution in [-0.4, -0.2) is 55.2 Å². The van der Waals surface area contributed by atoms with Crippen LogP contribution in [0.3, 0.4) is 0 Å². The lowest BCUT2D eigenvalue weighted by molar-refractivity contribution is -0.121. The fourth-order valence-corrected chi connectivity index (χ4v) is 2.44. The zero-order chi connectivity index (χ0) is 14.3. The Bertz CT molecular complexity index is 271. The van der Waals surface area contributed by atoms with E-state index in [2.05, 4.69) is 24.1 Å². The molecular weight excluding hydrogens is 313 g/mol. The fraction of sp³-hybridized carbons (Fsp3) is 0.929. The number of amides is 1. The summed E-state index contributed by atoms with van der Waals surface area (Å²) in [5.41, 5.74) is 5.62. The highest BCUT2D eigenvalue weighted by atomic mass is 35.5. The van der Waals surface area contributed by atoms with E-state index in [0.717, 1.165) is 39.0 Å². The molecule has 0 aliphatic carbocycles. The minimum Gasteiger partial charge on any atom is -0.373 e. The molecule has 3 unspecified atom stereocenters. The largest absolute Gasteiger partial charge is 0.373 e. The summed E-state index contributed by atoms with van der Waals surface area (Å²) in [6, 6.07) is 0.0991. The Labute approximate surface area is 141 Å². The number of hydrogen-bond acceptors (Lipinski definition) is 4. The molecular formula is C14H31Cl2N3O2. The summed E-state index contributed by atoms with van der Waals surface area (Å²) >= 11 is 0. The van der Waals surface area contributed by atoms with Crippen LogP contribution in [0.1, 0.15) is 40.0 Å². The lowest BCUT2D eigenvalue weighted by Gasteiger charge is -2.35. The molecule has 7 heteroatoms. The highest BCUT2D eigenvalue weighted by molar-refractivity contribution is 5.85. The molecule has 1 fully saturated rings.